The minimum Gasteiger partial charge on any atom is -0.351 e. The standard InChI is InChI=1S/C19H19F2N7OS/c1-27-8-13(6-25-27)12-5-24-18-14(7-26-28(18)9-12)11-4-16(30-10-11)19(29)23-3-2-15(22)17(20)21/h4-10,15,17H,2-3,22H2,1H3,(H,23,29). The predicted octanol–water partition coefficient (Wildman–Crippen LogP) is 2.57. The first-order valence-electron chi connectivity index (χ1n) is 9.15. The zero-order valence-electron chi connectivity index (χ0n) is 16.0. The molecule has 1 unspecified atom stereocenters. The molecule has 156 valence electrons. The highest BCUT2D eigenvalue weighted by atomic mass is 32.1. The molecule has 0 aliphatic carbocycles. The van der Waals surface area contributed by atoms with Crippen molar-refractivity contribution in [1.82, 2.24) is 29.7 Å². The van der Waals surface area contributed by atoms with Gasteiger partial charge in [-0.05, 0) is 23.4 Å². The first-order chi connectivity index (χ1) is 14.4. The predicted molar refractivity (Wildman–Crippen MR) is 109 cm³/mol. The van der Waals surface area contributed by atoms with E-state index in [1.54, 1.807) is 33.9 Å². The monoisotopic (exact) mass is 431 g/mol. The highest BCUT2D eigenvalue weighted by molar-refractivity contribution is 7.12. The number of hydrogen-bond acceptors (Lipinski definition) is 6. The summed E-state index contributed by atoms with van der Waals surface area (Å²) < 4.78 is 28.3. The summed E-state index contributed by atoms with van der Waals surface area (Å²) in [6.45, 7) is 0.0902. The molecule has 0 saturated carbocycles. The van der Waals surface area contributed by atoms with Crippen LogP contribution in [0.5, 0.6) is 0 Å². The number of amides is 1. The average Bonchev–Trinajstić information content (AvgIpc) is 3.46. The van der Waals surface area contributed by atoms with Crippen LogP contribution >= 0.6 is 11.3 Å². The number of alkyl halides is 2. The average molecular weight is 431 g/mol. The van der Waals surface area contributed by atoms with Crippen LogP contribution in [0.15, 0.2) is 42.4 Å². The Hall–Kier alpha value is -3.18. The second kappa shape index (κ2) is 8.28. The molecule has 0 fully saturated rings. The fourth-order valence-electron chi connectivity index (χ4n) is 2.96. The third-order valence-corrected chi connectivity index (χ3v) is 5.54. The van der Waals surface area contributed by atoms with Gasteiger partial charge in [0.1, 0.15) is 0 Å². The molecule has 0 spiro atoms. The van der Waals surface area contributed by atoms with E-state index in [4.69, 9.17) is 5.73 Å². The number of carbonyl (C=O) groups excluding carboxylic acids is 1. The van der Waals surface area contributed by atoms with Crippen molar-refractivity contribution in [2.75, 3.05) is 6.54 Å². The Kier molecular flexibility index (Phi) is 5.55. The summed E-state index contributed by atoms with van der Waals surface area (Å²) in [5.41, 5.74) is 9.38. The Morgan fingerprint density at radius 3 is 2.73 bits per heavy atom. The van der Waals surface area contributed by atoms with Crippen LogP contribution in [0.2, 0.25) is 0 Å². The number of nitrogens with one attached hydrogen (secondary N) is 1. The van der Waals surface area contributed by atoms with Crippen LogP contribution in [0.25, 0.3) is 27.9 Å². The largest absolute Gasteiger partial charge is 0.351 e. The second-order valence-electron chi connectivity index (χ2n) is 6.81. The number of hydrogen-bond donors (Lipinski definition) is 2. The highest BCUT2D eigenvalue weighted by Crippen LogP contribution is 2.29. The van der Waals surface area contributed by atoms with Gasteiger partial charge in [-0.1, -0.05) is 0 Å². The van der Waals surface area contributed by atoms with Gasteiger partial charge in [0.25, 0.3) is 12.3 Å². The van der Waals surface area contributed by atoms with Gasteiger partial charge in [-0.15, -0.1) is 11.3 Å². The Bertz CT molecular complexity index is 1180. The van der Waals surface area contributed by atoms with Gasteiger partial charge in [0, 0.05) is 48.9 Å². The van der Waals surface area contributed by atoms with E-state index in [1.807, 2.05) is 24.8 Å². The maximum atomic E-state index is 12.4. The third kappa shape index (κ3) is 4.07. The number of carbonyl (C=O) groups is 1. The minimum absolute atomic E-state index is 0.0128. The van der Waals surface area contributed by atoms with Gasteiger partial charge in [-0.2, -0.15) is 10.2 Å². The normalized spacial score (nSPS) is 12.6. The SMILES string of the molecule is Cn1cc(-c2cnc3c(-c4csc(C(=O)NCCC(N)C(F)F)c4)cnn3c2)cn1. The van der Waals surface area contributed by atoms with Crippen LogP contribution in [0, 0.1) is 0 Å². The molecule has 30 heavy (non-hydrogen) atoms. The summed E-state index contributed by atoms with van der Waals surface area (Å²) in [5.74, 6) is -0.323. The molecule has 8 nitrogen and oxygen atoms in total. The van der Waals surface area contributed by atoms with Crippen molar-refractivity contribution in [2.45, 2.75) is 18.9 Å². The molecular formula is C19H19F2N7OS. The van der Waals surface area contributed by atoms with Crippen molar-refractivity contribution >= 4 is 22.9 Å². The Morgan fingerprint density at radius 1 is 1.20 bits per heavy atom. The van der Waals surface area contributed by atoms with Crippen LogP contribution in [-0.4, -0.2) is 49.3 Å². The fourth-order valence-corrected chi connectivity index (χ4v) is 3.78. The number of rotatable bonds is 7. The van der Waals surface area contributed by atoms with Crippen molar-refractivity contribution in [1.29, 1.82) is 0 Å². The summed E-state index contributed by atoms with van der Waals surface area (Å²) in [4.78, 5) is 17.3. The Morgan fingerprint density at radius 2 is 2.00 bits per heavy atom. The van der Waals surface area contributed by atoms with E-state index in [0.29, 0.717) is 10.5 Å². The van der Waals surface area contributed by atoms with E-state index >= 15 is 0 Å². The number of fused-ring (bicyclic) bond motifs is 1. The third-order valence-electron chi connectivity index (χ3n) is 4.62. The smallest absolute Gasteiger partial charge is 0.261 e. The quantitative estimate of drug-likeness (QED) is 0.468. The number of nitrogens with two attached hydrogens (primary N) is 1. The minimum atomic E-state index is -2.60. The Balaban J connectivity index is 1.49. The maximum Gasteiger partial charge on any atom is 0.261 e. The first kappa shape index (κ1) is 20.1. The van der Waals surface area contributed by atoms with Crippen molar-refractivity contribution < 1.29 is 13.6 Å². The maximum absolute atomic E-state index is 12.4. The van der Waals surface area contributed by atoms with E-state index in [9.17, 15) is 13.6 Å². The van der Waals surface area contributed by atoms with Crippen LogP contribution in [0.4, 0.5) is 8.78 Å². The van der Waals surface area contributed by atoms with Crippen LogP contribution in [0.3, 0.4) is 0 Å². The molecule has 1 atom stereocenters. The summed E-state index contributed by atoms with van der Waals surface area (Å²) in [5, 5.41) is 13.0. The Labute approximate surface area is 174 Å². The first-order valence-corrected chi connectivity index (χ1v) is 10.0. The molecule has 11 heteroatoms. The second-order valence-corrected chi connectivity index (χ2v) is 7.73. The molecule has 0 aliphatic rings. The molecule has 4 aromatic heterocycles. The van der Waals surface area contributed by atoms with E-state index in [0.717, 1.165) is 22.3 Å². The van der Waals surface area contributed by atoms with E-state index in [2.05, 4.69) is 20.5 Å². The highest BCUT2D eigenvalue weighted by Gasteiger charge is 2.17. The summed E-state index contributed by atoms with van der Waals surface area (Å²) in [6, 6.07) is 0.492. The summed E-state index contributed by atoms with van der Waals surface area (Å²) >= 11 is 1.27. The lowest BCUT2D eigenvalue weighted by Gasteiger charge is -2.10. The summed E-state index contributed by atoms with van der Waals surface area (Å²) in [6.07, 6.45) is 6.38. The van der Waals surface area contributed by atoms with E-state index < -0.39 is 12.5 Å². The van der Waals surface area contributed by atoms with Crippen molar-refractivity contribution in [3.63, 3.8) is 0 Å². The topological polar surface area (TPSA) is 103 Å². The number of halogens is 2. The van der Waals surface area contributed by atoms with Crippen molar-refractivity contribution in [2.24, 2.45) is 12.8 Å². The number of aryl methyl sites for hydroxylation is 1. The van der Waals surface area contributed by atoms with Crippen LogP contribution in [-0.2, 0) is 7.05 Å². The van der Waals surface area contributed by atoms with Gasteiger partial charge < -0.3 is 11.1 Å². The molecular weight excluding hydrogens is 412 g/mol. The number of aromatic nitrogens is 5. The van der Waals surface area contributed by atoms with Crippen LogP contribution < -0.4 is 11.1 Å². The number of thiophene rings is 1. The fraction of sp³-hybridized carbons (Fsp3) is 0.263. The molecule has 0 bridgehead atoms. The zero-order chi connectivity index (χ0) is 21.3. The number of nitrogens with zero attached hydrogens (tertiary/aromatic N) is 5. The van der Waals surface area contributed by atoms with Gasteiger partial charge in [0.15, 0.2) is 5.65 Å². The molecule has 0 aromatic carbocycles. The van der Waals surface area contributed by atoms with Crippen LogP contribution in [0.1, 0.15) is 16.1 Å². The summed E-state index contributed by atoms with van der Waals surface area (Å²) in [7, 11) is 1.85. The molecule has 4 aromatic rings. The molecule has 1 amide bonds. The molecule has 0 aliphatic heterocycles. The van der Waals surface area contributed by atoms with E-state index in [1.165, 1.54) is 11.3 Å². The van der Waals surface area contributed by atoms with Gasteiger partial charge in [0.2, 0.25) is 0 Å². The van der Waals surface area contributed by atoms with Gasteiger partial charge in [-0.3, -0.25) is 9.48 Å². The van der Waals surface area contributed by atoms with Gasteiger partial charge >= 0.3 is 0 Å². The van der Waals surface area contributed by atoms with Gasteiger partial charge in [-0.25, -0.2) is 18.3 Å². The molecule has 4 rings (SSSR count). The molecule has 0 saturated heterocycles. The lowest BCUT2D eigenvalue weighted by atomic mass is 10.1. The molecule has 0 radical (unpaired) electrons. The molecule has 4 heterocycles. The van der Waals surface area contributed by atoms with Crippen molar-refractivity contribution in [3.8, 4) is 22.3 Å². The zero-order valence-corrected chi connectivity index (χ0v) is 16.8. The lowest BCUT2D eigenvalue weighted by Crippen LogP contribution is -2.34. The molecule has 3 N–H and O–H groups in total. The van der Waals surface area contributed by atoms with Gasteiger partial charge in [0.05, 0.1) is 23.3 Å². The van der Waals surface area contributed by atoms with Crippen molar-refractivity contribution in [3.05, 3.63) is 47.3 Å². The van der Waals surface area contributed by atoms with E-state index in [-0.39, 0.29) is 18.9 Å². The lowest BCUT2D eigenvalue weighted by molar-refractivity contribution is 0.0934.